The summed E-state index contributed by atoms with van der Waals surface area (Å²) in [6.45, 7) is 2.11. The van der Waals surface area contributed by atoms with Gasteiger partial charge >= 0.3 is 0 Å². The van der Waals surface area contributed by atoms with Crippen molar-refractivity contribution in [2.24, 2.45) is 0 Å². The molecule has 9 aromatic carbocycles. The number of aryl methyl sites for hydroxylation is 1. The smallest absolute Gasteiger partial charge is 0.0540 e. The van der Waals surface area contributed by atoms with Gasteiger partial charge in [-0.05, 0) is 138 Å². The van der Waals surface area contributed by atoms with E-state index in [1.165, 1.54) is 27.1 Å². The van der Waals surface area contributed by atoms with E-state index in [1.54, 1.807) is 0 Å². The van der Waals surface area contributed by atoms with Crippen LogP contribution in [0.5, 0.6) is 0 Å². The van der Waals surface area contributed by atoms with Gasteiger partial charge < -0.3 is 20.4 Å². The third-order valence-corrected chi connectivity index (χ3v) is 10.0. The van der Waals surface area contributed by atoms with Gasteiger partial charge in [-0.1, -0.05) is 103 Å². The summed E-state index contributed by atoms with van der Waals surface area (Å²) in [6.07, 6.45) is 0. The SMILES string of the molecule is Cc1ccc(Nc2ccc(N(c3ccc(Nc4ccc(N(c5ccccc5)c5ccccc5)cc4)cc3)c3cccc4c3ccc3ccccc34)cc2)cc1. The van der Waals surface area contributed by atoms with E-state index in [2.05, 4.69) is 240 Å². The molecule has 0 aliphatic heterocycles. The Morgan fingerprint density at radius 1 is 0.291 bits per heavy atom. The van der Waals surface area contributed by atoms with Crippen LogP contribution < -0.4 is 20.4 Å². The maximum atomic E-state index is 3.63. The minimum absolute atomic E-state index is 1.01. The Bertz CT molecular complexity index is 2630. The molecule has 0 saturated carbocycles. The second-order valence-electron chi connectivity index (χ2n) is 13.8. The first-order valence-electron chi connectivity index (χ1n) is 18.7. The minimum Gasteiger partial charge on any atom is -0.356 e. The van der Waals surface area contributed by atoms with Crippen molar-refractivity contribution in [3.63, 3.8) is 0 Å². The molecule has 4 nitrogen and oxygen atoms in total. The van der Waals surface area contributed by atoms with Crippen molar-refractivity contribution in [1.29, 1.82) is 0 Å². The highest BCUT2D eigenvalue weighted by atomic mass is 15.1. The molecule has 0 fully saturated rings. The van der Waals surface area contributed by atoms with Crippen LogP contribution in [0, 0.1) is 6.92 Å². The van der Waals surface area contributed by atoms with Crippen LogP contribution in [0.3, 0.4) is 0 Å². The highest BCUT2D eigenvalue weighted by Crippen LogP contribution is 2.42. The van der Waals surface area contributed by atoms with Crippen molar-refractivity contribution in [3.05, 3.63) is 218 Å². The molecule has 0 saturated heterocycles. The quantitative estimate of drug-likeness (QED) is 0.139. The van der Waals surface area contributed by atoms with E-state index in [0.717, 1.165) is 56.9 Å². The number of hydrogen-bond acceptors (Lipinski definition) is 4. The average Bonchev–Trinajstić information content (AvgIpc) is 3.24. The minimum atomic E-state index is 1.01. The van der Waals surface area contributed by atoms with Gasteiger partial charge in [0.25, 0.3) is 0 Å². The molecule has 0 aliphatic carbocycles. The van der Waals surface area contributed by atoms with Gasteiger partial charge in [0.2, 0.25) is 0 Å². The van der Waals surface area contributed by atoms with Gasteiger partial charge in [-0.3, -0.25) is 0 Å². The summed E-state index contributed by atoms with van der Waals surface area (Å²) in [5.41, 5.74) is 12.0. The van der Waals surface area contributed by atoms with E-state index in [4.69, 9.17) is 0 Å². The van der Waals surface area contributed by atoms with Gasteiger partial charge in [0.05, 0.1) is 5.69 Å². The molecule has 55 heavy (non-hydrogen) atoms. The van der Waals surface area contributed by atoms with Crippen LogP contribution >= 0.6 is 0 Å². The molecule has 0 atom stereocenters. The molecule has 9 rings (SSSR count). The third-order valence-electron chi connectivity index (χ3n) is 10.0. The lowest BCUT2D eigenvalue weighted by atomic mass is 10.00. The number of para-hydroxylation sites is 2. The van der Waals surface area contributed by atoms with E-state index >= 15 is 0 Å². The molecule has 0 unspecified atom stereocenters. The Balaban J connectivity index is 1.03. The van der Waals surface area contributed by atoms with Crippen LogP contribution in [0.25, 0.3) is 21.5 Å². The number of benzene rings is 9. The predicted molar refractivity (Wildman–Crippen MR) is 235 cm³/mol. The summed E-state index contributed by atoms with van der Waals surface area (Å²) in [5.74, 6) is 0. The zero-order chi connectivity index (χ0) is 37.0. The third kappa shape index (κ3) is 7.09. The summed E-state index contributed by atoms with van der Waals surface area (Å²) < 4.78 is 0. The van der Waals surface area contributed by atoms with Crippen LogP contribution in [0.2, 0.25) is 0 Å². The van der Waals surface area contributed by atoms with Crippen LogP contribution in [0.4, 0.5) is 56.9 Å². The van der Waals surface area contributed by atoms with Crippen molar-refractivity contribution in [2.75, 3.05) is 20.4 Å². The second-order valence-corrected chi connectivity index (χ2v) is 13.8. The molecular formula is C51H40N4. The lowest BCUT2D eigenvalue weighted by Gasteiger charge is -2.27. The van der Waals surface area contributed by atoms with E-state index in [0.29, 0.717) is 0 Å². The number of nitrogens with zero attached hydrogens (tertiary/aromatic N) is 2. The Morgan fingerprint density at radius 3 is 1.24 bits per heavy atom. The Labute approximate surface area is 322 Å². The maximum absolute atomic E-state index is 3.63. The summed E-state index contributed by atoms with van der Waals surface area (Å²) in [5, 5.41) is 12.1. The summed E-state index contributed by atoms with van der Waals surface area (Å²) in [4.78, 5) is 4.63. The van der Waals surface area contributed by atoms with Crippen molar-refractivity contribution in [3.8, 4) is 0 Å². The molecule has 2 N–H and O–H groups in total. The van der Waals surface area contributed by atoms with Crippen molar-refractivity contribution < 1.29 is 0 Å². The fourth-order valence-electron chi connectivity index (χ4n) is 7.30. The molecule has 0 amide bonds. The van der Waals surface area contributed by atoms with Gasteiger partial charge in [0, 0.05) is 56.6 Å². The Hall–Kier alpha value is -7.30. The molecule has 0 aromatic heterocycles. The van der Waals surface area contributed by atoms with Crippen LogP contribution in [0.1, 0.15) is 5.56 Å². The summed E-state index contributed by atoms with van der Waals surface area (Å²) in [7, 11) is 0. The zero-order valence-electron chi connectivity index (χ0n) is 30.6. The fourth-order valence-corrected chi connectivity index (χ4v) is 7.30. The number of anilines is 10. The van der Waals surface area contributed by atoms with E-state index < -0.39 is 0 Å². The van der Waals surface area contributed by atoms with Gasteiger partial charge in [0.1, 0.15) is 0 Å². The zero-order valence-corrected chi connectivity index (χ0v) is 30.6. The second kappa shape index (κ2) is 15.0. The maximum Gasteiger partial charge on any atom is 0.0540 e. The lowest BCUT2D eigenvalue weighted by molar-refractivity contribution is 1.28. The molecule has 9 aromatic rings. The largest absolute Gasteiger partial charge is 0.356 e. The number of fused-ring (bicyclic) bond motifs is 3. The summed E-state index contributed by atoms with van der Waals surface area (Å²) >= 11 is 0. The van der Waals surface area contributed by atoms with Crippen molar-refractivity contribution in [2.45, 2.75) is 6.92 Å². The predicted octanol–water partition coefficient (Wildman–Crippen LogP) is 14.7. The molecular weight excluding hydrogens is 669 g/mol. The first-order chi connectivity index (χ1) is 27.2. The number of nitrogens with one attached hydrogen (secondary N) is 2. The van der Waals surface area contributed by atoms with Gasteiger partial charge in [-0.2, -0.15) is 0 Å². The van der Waals surface area contributed by atoms with Gasteiger partial charge in [-0.25, -0.2) is 0 Å². The van der Waals surface area contributed by atoms with Crippen LogP contribution in [0.15, 0.2) is 212 Å². The lowest BCUT2D eigenvalue weighted by Crippen LogP contribution is -2.10. The standard InChI is InChI=1S/C51H40N4/c1-37-19-22-39(23-20-37)52-41-26-32-46(33-27-41)55(51-18-10-17-49-48-16-9-8-11-38(48)21-36-50(49)51)47-34-28-42(29-35-47)53-40-24-30-45(31-25-40)54(43-12-4-2-5-13-43)44-14-6-3-7-15-44/h2-36,52-53H,1H3. The highest BCUT2D eigenvalue weighted by Gasteiger charge is 2.17. The van der Waals surface area contributed by atoms with Gasteiger partial charge in [-0.15, -0.1) is 0 Å². The summed E-state index contributed by atoms with van der Waals surface area (Å²) in [6, 6.07) is 75.2. The van der Waals surface area contributed by atoms with E-state index in [-0.39, 0.29) is 0 Å². The molecule has 264 valence electrons. The van der Waals surface area contributed by atoms with E-state index in [1.807, 2.05) is 0 Å². The Morgan fingerprint density at radius 2 is 0.709 bits per heavy atom. The average molecular weight is 709 g/mol. The van der Waals surface area contributed by atoms with Crippen molar-refractivity contribution in [1.82, 2.24) is 0 Å². The van der Waals surface area contributed by atoms with Crippen LogP contribution in [-0.4, -0.2) is 0 Å². The Kier molecular flexibility index (Phi) is 9.13. The number of hydrogen-bond donors (Lipinski definition) is 2. The first kappa shape index (κ1) is 33.5. The normalized spacial score (nSPS) is 11.0. The van der Waals surface area contributed by atoms with E-state index in [9.17, 15) is 0 Å². The molecule has 4 heteroatoms. The molecule has 0 radical (unpaired) electrons. The molecule has 0 aliphatic rings. The molecule has 0 heterocycles. The molecule has 0 spiro atoms. The monoisotopic (exact) mass is 708 g/mol. The van der Waals surface area contributed by atoms with Crippen LogP contribution in [-0.2, 0) is 0 Å². The first-order valence-corrected chi connectivity index (χ1v) is 18.7. The van der Waals surface area contributed by atoms with Crippen molar-refractivity contribution >= 4 is 78.4 Å². The number of rotatable bonds is 10. The fraction of sp³-hybridized carbons (Fsp3) is 0.0196. The topological polar surface area (TPSA) is 30.5 Å². The molecule has 0 bridgehead atoms. The highest BCUT2D eigenvalue weighted by molar-refractivity contribution is 6.12. The van der Waals surface area contributed by atoms with Gasteiger partial charge in [0.15, 0.2) is 0 Å².